The summed E-state index contributed by atoms with van der Waals surface area (Å²) in [7, 11) is 0. The van der Waals surface area contributed by atoms with Crippen LogP contribution in [0.1, 0.15) is 12.8 Å². The van der Waals surface area contributed by atoms with E-state index in [1.54, 1.807) is 0 Å². The highest BCUT2D eigenvalue weighted by atomic mass is 32.1. The van der Waals surface area contributed by atoms with Crippen molar-refractivity contribution in [3.05, 3.63) is 6.07 Å². The summed E-state index contributed by atoms with van der Waals surface area (Å²) in [5, 5.41) is 1.22. The highest BCUT2D eigenvalue weighted by Crippen LogP contribution is 2.25. The first-order chi connectivity index (χ1) is 5.36. The predicted molar refractivity (Wildman–Crippen MR) is 48.0 cm³/mol. The second-order valence-corrected chi connectivity index (χ2v) is 3.57. The topological polar surface area (TPSA) is 42.1 Å². The van der Waals surface area contributed by atoms with Crippen molar-refractivity contribution in [2.75, 3.05) is 23.7 Å². The molecule has 4 heteroatoms. The number of anilines is 2. The standard InChI is InChI=1S/C7H11N3S/c8-6-5-7(11-9-6)10-3-1-2-4-10/h5H,1-4H2,(H2,8,9). The highest BCUT2D eigenvalue weighted by molar-refractivity contribution is 7.10. The van der Waals surface area contributed by atoms with Crippen molar-refractivity contribution < 1.29 is 0 Å². The summed E-state index contributed by atoms with van der Waals surface area (Å²) in [6, 6.07) is 1.95. The molecular formula is C7H11N3S. The summed E-state index contributed by atoms with van der Waals surface area (Å²) in [6.07, 6.45) is 2.61. The van der Waals surface area contributed by atoms with Gasteiger partial charge in [0.05, 0.1) is 0 Å². The van der Waals surface area contributed by atoms with E-state index in [9.17, 15) is 0 Å². The molecule has 0 atom stereocenters. The van der Waals surface area contributed by atoms with Crippen LogP contribution in [0, 0.1) is 0 Å². The van der Waals surface area contributed by atoms with E-state index in [1.807, 2.05) is 6.07 Å². The third kappa shape index (κ3) is 1.30. The van der Waals surface area contributed by atoms with Gasteiger partial charge in [-0.3, -0.25) is 0 Å². The van der Waals surface area contributed by atoms with Crippen LogP contribution >= 0.6 is 11.5 Å². The molecule has 2 N–H and O–H groups in total. The van der Waals surface area contributed by atoms with Gasteiger partial charge in [0.1, 0.15) is 10.8 Å². The van der Waals surface area contributed by atoms with Gasteiger partial charge in [-0.2, -0.15) is 4.37 Å². The molecule has 1 aromatic heterocycles. The van der Waals surface area contributed by atoms with Crippen molar-refractivity contribution in [2.24, 2.45) is 0 Å². The van der Waals surface area contributed by atoms with E-state index in [4.69, 9.17) is 5.73 Å². The maximum atomic E-state index is 5.52. The lowest BCUT2D eigenvalue weighted by molar-refractivity contribution is 0.949. The first-order valence-electron chi connectivity index (χ1n) is 3.83. The number of nitrogens with zero attached hydrogens (tertiary/aromatic N) is 2. The molecule has 60 valence electrons. The monoisotopic (exact) mass is 169 g/mol. The van der Waals surface area contributed by atoms with E-state index in [1.165, 1.54) is 42.5 Å². The Balaban J connectivity index is 2.15. The Morgan fingerprint density at radius 3 is 2.73 bits per heavy atom. The van der Waals surface area contributed by atoms with Gasteiger partial charge in [0, 0.05) is 19.2 Å². The minimum absolute atomic E-state index is 0.650. The van der Waals surface area contributed by atoms with Gasteiger partial charge in [0.15, 0.2) is 0 Å². The molecular weight excluding hydrogens is 158 g/mol. The number of nitrogens with two attached hydrogens (primary N) is 1. The summed E-state index contributed by atoms with van der Waals surface area (Å²) in [5.41, 5.74) is 5.52. The number of hydrogen-bond donors (Lipinski definition) is 1. The fourth-order valence-electron chi connectivity index (χ4n) is 1.37. The van der Waals surface area contributed by atoms with Crippen LogP contribution < -0.4 is 10.6 Å². The quantitative estimate of drug-likeness (QED) is 0.689. The van der Waals surface area contributed by atoms with E-state index in [2.05, 4.69) is 9.27 Å². The van der Waals surface area contributed by atoms with Crippen LogP contribution in [0.15, 0.2) is 6.07 Å². The minimum Gasteiger partial charge on any atom is -0.383 e. The number of rotatable bonds is 1. The average Bonchev–Trinajstić information content (AvgIpc) is 2.55. The summed E-state index contributed by atoms with van der Waals surface area (Å²) in [4.78, 5) is 2.34. The van der Waals surface area contributed by atoms with Gasteiger partial charge in [-0.1, -0.05) is 0 Å². The Kier molecular flexibility index (Phi) is 1.69. The average molecular weight is 169 g/mol. The number of nitrogen functional groups attached to an aromatic ring is 1. The second-order valence-electron chi connectivity index (χ2n) is 2.78. The molecule has 1 fully saturated rings. The molecule has 3 nitrogen and oxygen atoms in total. The molecule has 11 heavy (non-hydrogen) atoms. The molecule has 0 saturated carbocycles. The van der Waals surface area contributed by atoms with Crippen molar-refractivity contribution in [3.63, 3.8) is 0 Å². The molecule has 1 aromatic rings. The third-order valence-corrected chi connectivity index (χ3v) is 2.80. The third-order valence-electron chi connectivity index (χ3n) is 1.93. The Bertz CT molecular complexity index is 240. The Hall–Kier alpha value is -0.770. The van der Waals surface area contributed by atoms with Gasteiger partial charge in [-0.25, -0.2) is 0 Å². The molecule has 0 unspecified atom stereocenters. The van der Waals surface area contributed by atoms with Gasteiger partial charge >= 0.3 is 0 Å². The van der Waals surface area contributed by atoms with Crippen LogP contribution in [0.25, 0.3) is 0 Å². The first-order valence-corrected chi connectivity index (χ1v) is 4.61. The normalized spacial score (nSPS) is 17.6. The first kappa shape index (κ1) is 6.91. The molecule has 1 aliphatic rings. The van der Waals surface area contributed by atoms with Gasteiger partial charge in [-0.15, -0.1) is 0 Å². The minimum atomic E-state index is 0.650. The number of aromatic nitrogens is 1. The Morgan fingerprint density at radius 1 is 1.45 bits per heavy atom. The van der Waals surface area contributed by atoms with Crippen molar-refractivity contribution in [3.8, 4) is 0 Å². The van der Waals surface area contributed by atoms with Crippen LogP contribution in [0.2, 0.25) is 0 Å². The zero-order valence-electron chi connectivity index (χ0n) is 6.29. The van der Waals surface area contributed by atoms with Crippen LogP contribution in [0.5, 0.6) is 0 Å². The van der Waals surface area contributed by atoms with E-state index < -0.39 is 0 Å². The molecule has 0 amide bonds. The fourth-order valence-corrected chi connectivity index (χ4v) is 2.09. The second kappa shape index (κ2) is 2.70. The molecule has 0 spiro atoms. The lowest BCUT2D eigenvalue weighted by atomic mass is 10.4. The van der Waals surface area contributed by atoms with Crippen molar-refractivity contribution in [2.45, 2.75) is 12.8 Å². The van der Waals surface area contributed by atoms with Crippen LogP contribution in [-0.2, 0) is 0 Å². The van der Waals surface area contributed by atoms with Gasteiger partial charge in [0.2, 0.25) is 0 Å². The van der Waals surface area contributed by atoms with Crippen LogP contribution in [0.4, 0.5) is 10.8 Å². The van der Waals surface area contributed by atoms with E-state index in [0.29, 0.717) is 5.82 Å². The SMILES string of the molecule is Nc1cc(N2CCCC2)sn1. The summed E-state index contributed by atoms with van der Waals surface area (Å²) >= 11 is 1.50. The van der Waals surface area contributed by atoms with E-state index >= 15 is 0 Å². The molecule has 0 bridgehead atoms. The van der Waals surface area contributed by atoms with Crippen molar-refractivity contribution in [1.29, 1.82) is 0 Å². The molecule has 0 aromatic carbocycles. The predicted octanol–water partition coefficient (Wildman–Crippen LogP) is 1.33. The lowest BCUT2D eigenvalue weighted by Gasteiger charge is -2.12. The molecule has 2 rings (SSSR count). The molecule has 1 aliphatic heterocycles. The zero-order valence-corrected chi connectivity index (χ0v) is 7.10. The Morgan fingerprint density at radius 2 is 2.18 bits per heavy atom. The van der Waals surface area contributed by atoms with Gasteiger partial charge in [0.25, 0.3) is 0 Å². The Labute approximate surface area is 70.0 Å². The van der Waals surface area contributed by atoms with Gasteiger partial charge in [-0.05, 0) is 24.4 Å². The van der Waals surface area contributed by atoms with Crippen LogP contribution in [0.3, 0.4) is 0 Å². The smallest absolute Gasteiger partial charge is 0.139 e. The fraction of sp³-hybridized carbons (Fsp3) is 0.571. The van der Waals surface area contributed by atoms with Crippen molar-refractivity contribution in [1.82, 2.24) is 4.37 Å². The molecule has 0 radical (unpaired) electrons. The molecule has 0 aliphatic carbocycles. The van der Waals surface area contributed by atoms with E-state index in [0.717, 1.165) is 0 Å². The van der Waals surface area contributed by atoms with Crippen LogP contribution in [-0.4, -0.2) is 17.5 Å². The zero-order chi connectivity index (χ0) is 7.68. The van der Waals surface area contributed by atoms with Crippen molar-refractivity contribution >= 4 is 22.4 Å². The largest absolute Gasteiger partial charge is 0.383 e. The molecule has 2 heterocycles. The maximum Gasteiger partial charge on any atom is 0.139 e. The van der Waals surface area contributed by atoms with E-state index in [-0.39, 0.29) is 0 Å². The number of hydrogen-bond acceptors (Lipinski definition) is 4. The lowest BCUT2D eigenvalue weighted by Crippen LogP contribution is -2.15. The van der Waals surface area contributed by atoms with Gasteiger partial charge < -0.3 is 10.6 Å². The summed E-state index contributed by atoms with van der Waals surface area (Å²) < 4.78 is 4.04. The summed E-state index contributed by atoms with van der Waals surface area (Å²) in [6.45, 7) is 2.34. The maximum absolute atomic E-state index is 5.52. The highest BCUT2D eigenvalue weighted by Gasteiger charge is 2.13. The summed E-state index contributed by atoms with van der Waals surface area (Å²) in [5.74, 6) is 0.650. The molecule has 1 saturated heterocycles.